The number of carbonyl (C=O) groups excluding carboxylic acids is 1. The van der Waals surface area contributed by atoms with Crippen LogP contribution < -0.4 is 11.1 Å². The van der Waals surface area contributed by atoms with E-state index in [2.05, 4.69) is 46.4 Å². The van der Waals surface area contributed by atoms with E-state index in [1.54, 1.807) is 0 Å². The Morgan fingerprint density at radius 2 is 2.07 bits per heavy atom. The second-order valence-corrected chi connectivity index (χ2v) is 8.60. The smallest absolute Gasteiger partial charge is 0.223 e. The molecule has 1 unspecified atom stereocenters. The van der Waals surface area contributed by atoms with E-state index >= 15 is 0 Å². The number of nitrogens with two attached hydrogens (primary N) is 1. The Bertz CT molecular complexity index is 861. The molecule has 1 amide bonds. The van der Waals surface area contributed by atoms with Crippen LogP contribution in [0, 0.1) is 5.92 Å². The third-order valence-corrected chi connectivity index (χ3v) is 6.23. The van der Waals surface area contributed by atoms with Crippen molar-refractivity contribution in [1.29, 1.82) is 0 Å². The number of hydrogen-bond acceptors (Lipinski definition) is 9. The zero-order chi connectivity index (χ0) is 21.1. The van der Waals surface area contributed by atoms with Crippen LogP contribution in [0.15, 0.2) is 5.16 Å². The molecule has 1 aliphatic carbocycles. The summed E-state index contributed by atoms with van der Waals surface area (Å²) < 4.78 is 1.49. The van der Waals surface area contributed by atoms with Gasteiger partial charge in [-0.25, -0.2) is 14.6 Å². The van der Waals surface area contributed by atoms with Crippen molar-refractivity contribution in [2.24, 2.45) is 11.7 Å². The van der Waals surface area contributed by atoms with Gasteiger partial charge in [0, 0.05) is 11.8 Å². The third-order valence-electron chi connectivity index (χ3n) is 5.17. The lowest BCUT2D eigenvalue weighted by Crippen LogP contribution is -2.35. The molecule has 2 aromatic heterocycles. The topological polar surface area (TPSA) is 152 Å². The number of aromatic nitrogens is 5. The van der Waals surface area contributed by atoms with Crippen LogP contribution in [0.25, 0.3) is 11.2 Å². The van der Waals surface area contributed by atoms with E-state index in [9.17, 15) is 15.0 Å². The summed E-state index contributed by atoms with van der Waals surface area (Å²) >= 11 is 1.53. The molecule has 3 rings (SSSR count). The van der Waals surface area contributed by atoms with Gasteiger partial charge in [-0.1, -0.05) is 37.2 Å². The monoisotopic (exact) mass is 423 g/mol. The van der Waals surface area contributed by atoms with E-state index in [1.165, 1.54) is 16.4 Å². The van der Waals surface area contributed by atoms with Gasteiger partial charge >= 0.3 is 0 Å². The Labute approximate surface area is 173 Å². The van der Waals surface area contributed by atoms with Gasteiger partial charge in [-0.3, -0.25) is 4.79 Å². The Morgan fingerprint density at radius 3 is 2.69 bits per heavy atom. The number of carbonyl (C=O) groups is 1. The molecule has 0 radical (unpaired) electrons. The molecule has 1 fully saturated rings. The Balaban J connectivity index is 2.02. The largest absolute Gasteiger partial charge is 0.390 e. The van der Waals surface area contributed by atoms with Gasteiger partial charge < -0.3 is 21.3 Å². The van der Waals surface area contributed by atoms with Crippen LogP contribution in [0.2, 0.25) is 0 Å². The van der Waals surface area contributed by atoms with Crippen molar-refractivity contribution in [3.05, 3.63) is 0 Å². The SMILES string of the molecule is CCCSc1nc(NC(C)CCC)c2nnn([C@@H]3C[C@H](C(N)=O)[C@@H](O)[C@H]3O)c2n1. The maximum atomic E-state index is 11.6. The molecule has 5 N–H and O–H groups in total. The summed E-state index contributed by atoms with van der Waals surface area (Å²) in [5.74, 6) is -0.0218. The van der Waals surface area contributed by atoms with Crippen molar-refractivity contribution in [3.63, 3.8) is 0 Å². The third kappa shape index (κ3) is 4.46. The van der Waals surface area contributed by atoms with E-state index in [0.29, 0.717) is 22.1 Å². The van der Waals surface area contributed by atoms with Crippen LogP contribution >= 0.6 is 11.8 Å². The summed E-state index contributed by atoms with van der Waals surface area (Å²) in [6, 6.07) is -0.447. The number of primary amides is 1. The highest BCUT2D eigenvalue weighted by atomic mass is 32.2. The average Bonchev–Trinajstić information content (AvgIpc) is 3.22. The number of thioether (sulfide) groups is 1. The number of amides is 1. The van der Waals surface area contributed by atoms with Crippen molar-refractivity contribution >= 4 is 34.7 Å². The zero-order valence-corrected chi connectivity index (χ0v) is 17.8. The van der Waals surface area contributed by atoms with Gasteiger partial charge in [0.2, 0.25) is 5.91 Å². The first-order valence-electron chi connectivity index (χ1n) is 10.0. The van der Waals surface area contributed by atoms with Gasteiger partial charge in [0.15, 0.2) is 22.1 Å². The highest BCUT2D eigenvalue weighted by molar-refractivity contribution is 7.99. The molecule has 0 spiro atoms. The fourth-order valence-corrected chi connectivity index (χ4v) is 4.36. The van der Waals surface area contributed by atoms with Crippen LogP contribution in [0.3, 0.4) is 0 Å². The summed E-state index contributed by atoms with van der Waals surface area (Å²) in [7, 11) is 0. The summed E-state index contributed by atoms with van der Waals surface area (Å²) in [6.07, 6.45) is 0.737. The molecule has 29 heavy (non-hydrogen) atoms. The van der Waals surface area contributed by atoms with Crippen molar-refractivity contribution in [2.45, 2.75) is 75.9 Å². The first-order valence-corrected chi connectivity index (χ1v) is 11.0. The van der Waals surface area contributed by atoms with Crippen molar-refractivity contribution in [2.75, 3.05) is 11.1 Å². The number of aliphatic hydroxyl groups excluding tert-OH is 2. The predicted octanol–water partition coefficient (Wildman–Crippen LogP) is 1.09. The molecule has 0 bridgehead atoms. The predicted molar refractivity (Wildman–Crippen MR) is 110 cm³/mol. The number of aliphatic hydroxyl groups is 2. The quantitative estimate of drug-likeness (QED) is 0.343. The van der Waals surface area contributed by atoms with Crippen LogP contribution in [-0.4, -0.2) is 65.1 Å². The molecule has 160 valence electrons. The van der Waals surface area contributed by atoms with Gasteiger partial charge in [-0.2, -0.15) is 0 Å². The maximum Gasteiger partial charge on any atom is 0.223 e. The molecule has 0 aromatic carbocycles. The molecular formula is C18H29N7O3S. The molecule has 11 heteroatoms. The summed E-state index contributed by atoms with van der Waals surface area (Å²) in [5, 5.41) is 33.1. The van der Waals surface area contributed by atoms with Crippen molar-refractivity contribution < 1.29 is 15.0 Å². The first-order chi connectivity index (χ1) is 13.9. The standard InChI is InChI=1S/C18H29N7O3S/c1-4-6-9(3)20-16-12-17(22-18(21-16)29-7-5-2)25(24-23-12)11-8-10(15(19)28)13(26)14(11)27/h9-11,13-14,26-27H,4-8H2,1-3H3,(H2,19,28)(H,20,21,22)/t9?,10-,11+,13+,14-/m0/s1. The summed E-state index contributed by atoms with van der Waals surface area (Å²) in [5.41, 5.74) is 6.33. The van der Waals surface area contributed by atoms with Crippen LogP contribution in [-0.2, 0) is 4.79 Å². The van der Waals surface area contributed by atoms with Gasteiger partial charge in [0.1, 0.15) is 6.10 Å². The number of nitrogens with one attached hydrogen (secondary N) is 1. The van der Waals surface area contributed by atoms with Gasteiger partial charge in [0.05, 0.1) is 18.1 Å². The minimum Gasteiger partial charge on any atom is -0.390 e. The fraction of sp³-hybridized carbons (Fsp3) is 0.722. The lowest BCUT2D eigenvalue weighted by Gasteiger charge is -2.17. The molecule has 1 saturated carbocycles. The minimum absolute atomic E-state index is 0.173. The lowest BCUT2D eigenvalue weighted by molar-refractivity contribution is -0.125. The van der Waals surface area contributed by atoms with Gasteiger partial charge in [0.25, 0.3) is 0 Å². The minimum atomic E-state index is -1.24. The van der Waals surface area contributed by atoms with Crippen LogP contribution in [0.5, 0.6) is 0 Å². The summed E-state index contributed by atoms with van der Waals surface area (Å²) in [6.45, 7) is 6.28. The van der Waals surface area contributed by atoms with E-state index in [-0.39, 0.29) is 12.5 Å². The van der Waals surface area contributed by atoms with Crippen LogP contribution in [0.4, 0.5) is 5.82 Å². The van der Waals surface area contributed by atoms with Crippen LogP contribution in [0.1, 0.15) is 52.5 Å². The molecule has 0 aliphatic heterocycles. The fourth-order valence-electron chi connectivity index (χ4n) is 3.66. The molecule has 0 saturated heterocycles. The first kappa shape index (κ1) is 21.7. The lowest BCUT2D eigenvalue weighted by atomic mass is 10.1. The molecule has 5 atom stereocenters. The number of hydrogen-bond donors (Lipinski definition) is 4. The Kier molecular flexibility index (Phi) is 6.91. The second-order valence-electron chi connectivity index (χ2n) is 7.54. The zero-order valence-electron chi connectivity index (χ0n) is 16.9. The molecule has 2 heterocycles. The van der Waals surface area contributed by atoms with Crippen molar-refractivity contribution in [3.8, 4) is 0 Å². The molecule has 2 aromatic rings. The second kappa shape index (κ2) is 9.23. The highest BCUT2D eigenvalue weighted by Crippen LogP contribution is 2.37. The van der Waals surface area contributed by atoms with Gasteiger partial charge in [-0.05, 0) is 26.2 Å². The molecular weight excluding hydrogens is 394 g/mol. The number of nitrogens with zero attached hydrogens (tertiary/aromatic N) is 5. The molecule has 1 aliphatic rings. The normalized spacial score (nSPS) is 25.4. The van der Waals surface area contributed by atoms with E-state index in [4.69, 9.17) is 5.73 Å². The average molecular weight is 424 g/mol. The van der Waals surface area contributed by atoms with E-state index < -0.39 is 30.1 Å². The van der Waals surface area contributed by atoms with E-state index in [1.807, 2.05) is 0 Å². The number of rotatable bonds is 9. The van der Waals surface area contributed by atoms with Gasteiger partial charge in [-0.15, -0.1) is 5.10 Å². The Hall–Kier alpha value is -1.98. The summed E-state index contributed by atoms with van der Waals surface area (Å²) in [4.78, 5) is 20.8. The Morgan fingerprint density at radius 1 is 1.31 bits per heavy atom. The molecule has 10 nitrogen and oxygen atoms in total. The highest BCUT2D eigenvalue weighted by Gasteiger charge is 2.46. The maximum absolute atomic E-state index is 11.6. The number of anilines is 1. The van der Waals surface area contributed by atoms with E-state index in [0.717, 1.165) is 25.0 Å². The number of fused-ring (bicyclic) bond motifs is 1. The van der Waals surface area contributed by atoms with Crippen molar-refractivity contribution in [1.82, 2.24) is 25.0 Å².